The van der Waals surface area contributed by atoms with Crippen LogP contribution in [0.3, 0.4) is 0 Å². The Hall–Kier alpha value is -1.75. The molecular formula is C11H11NO3S. The monoisotopic (exact) mass is 237 g/mol. The largest absolute Gasteiger partial charge is 0.497 e. The lowest BCUT2D eigenvalue weighted by atomic mass is 10.1. The summed E-state index contributed by atoms with van der Waals surface area (Å²) >= 11 is 1.13. The van der Waals surface area contributed by atoms with E-state index in [1.165, 1.54) is 0 Å². The summed E-state index contributed by atoms with van der Waals surface area (Å²) in [4.78, 5) is 13.8. The summed E-state index contributed by atoms with van der Waals surface area (Å²) < 4.78 is 10.4. The van der Waals surface area contributed by atoms with Gasteiger partial charge in [0.15, 0.2) is 0 Å². The number of nitrogens with one attached hydrogen (secondary N) is 1. The van der Waals surface area contributed by atoms with Crippen molar-refractivity contribution in [3.05, 3.63) is 33.2 Å². The number of hydrogen-bond acceptors (Lipinski definition) is 4. The zero-order chi connectivity index (χ0) is 11.5. The zero-order valence-electron chi connectivity index (χ0n) is 8.94. The normalized spacial score (nSPS) is 10.1. The van der Waals surface area contributed by atoms with Crippen molar-refractivity contribution < 1.29 is 9.47 Å². The van der Waals surface area contributed by atoms with Crippen molar-refractivity contribution in [2.45, 2.75) is 0 Å². The first-order valence-corrected chi connectivity index (χ1v) is 5.53. The van der Waals surface area contributed by atoms with E-state index in [1.807, 2.05) is 12.1 Å². The summed E-state index contributed by atoms with van der Waals surface area (Å²) in [7, 11) is 3.18. The highest BCUT2D eigenvalue weighted by Gasteiger charge is 2.08. The molecule has 0 radical (unpaired) electrons. The number of methoxy groups -OCH3 is 2. The van der Waals surface area contributed by atoms with Crippen LogP contribution in [0.5, 0.6) is 11.5 Å². The molecule has 4 nitrogen and oxygen atoms in total. The van der Waals surface area contributed by atoms with Crippen molar-refractivity contribution >= 4 is 11.3 Å². The number of aromatic nitrogens is 1. The lowest BCUT2D eigenvalue weighted by Gasteiger charge is -2.08. The molecule has 0 aliphatic rings. The van der Waals surface area contributed by atoms with Crippen LogP contribution >= 0.6 is 11.3 Å². The molecule has 1 aromatic heterocycles. The van der Waals surface area contributed by atoms with Crippen molar-refractivity contribution in [3.63, 3.8) is 0 Å². The Kier molecular flexibility index (Phi) is 2.96. The van der Waals surface area contributed by atoms with E-state index in [0.29, 0.717) is 5.75 Å². The summed E-state index contributed by atoms with van der Waals surface area (Å²) in [6.45, 7) is 0. The lowest BCUT2D eigenvalue weighted by molar-refractivity contribution is 0.395. The Bertz CT molecular complexity index is 544. The molecule has 0 bridgehead atoms. The highest BCUT2D eigenvalue weighted by molar-refractivity contribution is 7.07. The fourth-order valence-corrected chi connectivity index (χ4v) is 2.01. The molecule has 0 saturated heterocycles. The third-order valence-electron chi connectivity index (χ3n) is 2.22. The van der Waals surface area contributed by atoms with Crippen LogP contribution in [0.25, 0.3) is 11.3 Å². The third kappa shape index (κ3) is 1.94. The van der Waals surface area contributed by atoms with Crippen LogP contribution in [0.15, 0.2) is 28.4 Å². The Labute approximate surface area is 96.5 Å². The summed E-state index contributed by atoms with van der Waals surface area (Å²) in [6, 6.07) is 5.47. The summed E-state index contributed by atoms with van der Waals surface area (Å²) in [5, 5.41) is 1.77. The van der Waals surface area contributed by atoms with Crippen LogP contribution < -0.4 is 14.3 Å². The average molecular weight is 237 g/mol. The van der Waals surface area contributed by atoms with Crippen molar-refractivity contribution in [3.8, 4) is 22.8 Å². The van der Waals surface area contributed by atoms with E-state index < -0.39 is 0 Å². The van der Waals surface area contributed by atoms with Crippen LogP contribution in [0.2, 0.25) is 0 Å². The van der Waals surface area contributed by atoms with Crippen LogP contribution in [0.4, 0.5) is 0 Å². The van der Waals surface area contributed by atoms with Crippen LogP contribution in [0, 0.1) is 0 Å². The predicted molar refractivity (Wildman–Crippen MR) is 63.5 cm³/mol. The topological polar surface area (TPSA) is 51.3 Å². The SMILES string of the molecule is COc1ccc(-c2csc(=O)[nH]2)c(OC)c1. The van der Waals surface area contributed by atoms with E-state index in [-0.39, 0.29) is 4.87 Å². The molecule has 5 heteroatoms. The van der Waals surface area contributed by atoms with Gasteiger partial charge >= 0.3 is 4.87 Å². The molecule has 0 spiro atoms. The number of ether oxygens (including phenoxy) is 2. The second-order valence-electron chi connectivity index (χ2n) is 3.13. The predicted octanol–water partition coefficient (Wildman–Crippen LogP) is 2.12. The molecule has 0 atom stereocenters. The average Bonchev–Trinajstić information content (AvgIpc) is 2.74. The first kappa shape index (κ1) is 10.8. The molecule has 1 aromatic carbocycles. The van der Waals surface area contributed by atoms with Gasteiger partial charge in [0.05, 0.1) is 19.9 Å². The minimum atomic E-state index is -0.0760. The Morgan fingerprint density at radius 1 is 1.25 bits per heavy atom. The van der Waals surface area contributed by atoms with Crippen molar-refractivity contribution in [2.24, 2.45) is 0 Å². The second kappa shape index (κ2) is 4.40. The summed E-state index contributed by atoms with van der Waals surface area (Å²) in [5.41, 5.74) is 1.61. The van der Waals surface area contributed by atoms with Gasteiger partial charge in [-0.05, 0) is 12.1 Å². The molecular weight excluding hydrogens is 226 g/mol. The van der Waals surface area contributed by atoms with Gasteiger partial charge in [-0.2, -0.15) is 0 Å². The number of H-pyrrole nitrogens is 1. The second-order valence-corrected chi connectivity index (χ2v) is 3.97. The Morgan fingerprint density at radius 2 is 2.06 bits per heavy atom. The summed E-state index contributed by atoms with van der Waals surface area (Å²) in [5.74, 6) is 1.39. The van der Waals surface area contributed by atoms with E-state index in [2.05, 4.69) is 4.98 Å². The van der Waals surface area contributed by atoms with Gasteiger partial charge in [0.1, 0.15) is 11.5 Å². The van der Waals surface area contributed by atoms with Crippen LogP contribution in [0.1, 0.15) is 0 Å². The van der Waals surface area contributed by atoms with Gasteiger partial charge in [-0.25, -0.2) is 0 Å². The van der Waals surface area contributed by atoms with E-state index in [9.17, 15) is 4.79 Å². The van der Waals surface area contributed by atoms with Crippen molar-refractivity contribution in [2.75, 3.05) is 14.2 Å². The minimum absolute atomic E-state index is 0.0760. The molecule has 2 rings (SSSR count). The molecule has 0 amide bonds. The first-order chi connectivity index (χ1) is 7.74. The van der Waals surface area contributed by atoms with Crippen LogP contribution in [-0.4, -0.2) is 19.2 Å². The zero-order valence-corrected chi connectivity index (χ0v) is 9.76. The van der Waals surface area contributed by atoms with Gasteiger partial charge < -0.3 is 14.5 Å². The van der Waals surface area contributed by atoms with Gasteiger partial charge in [-0.3, -0.25) is 4.79 Å². The molecule has 0 unspecified atom stereocenters. The minimum Gasteiger partial charge on any atom is -0.497 e. The molecule has 0 aliphatic heterocycles. The van der Waals surface area contributed by atoms with E-state index in [0.717, 1.165) is 28.3 Å². The fraction of sp³-hybridized carbons (Fsp3) is 0.182. The Morgan fingerprint density at radius 3 is 2.62 bits per heavy atom. The quantitative estimate of drug-likeness (QED) is 0.889. The highest BCUT2D eigenvalue weighted by atomic mass is 32.1. The molecule has 2 aromatic rings. The van der Waals surface area contributed by atoms with E-state index in [1.54, 1.807) is 25.7 Å². The van der Waals surface area contributed by atoms with E-state index >= 15 is 0 Å². The van der Waals surface area contributed by atoms with Gasteiger partial charge in [0.25, 0.3) is 0 Å². The maximum atomic E-state index is 11.1. The molecule has 1 N–H and O–H groups in total. The number of rotatable bonds is 3. The van der Waals surface area contributed by atoms with E-state index in [4.69, 9.17) is 9.47 Å². The smallest absolute Gasteiger partial charge is 0.304 e. The molecule has 16 heavy (non-hydrogen) atoms. The van der Waals surface area contributed by atoms with Gasteiger partial charge in [-0.15, -0.1) is 0 Å². The van der Waals surface area contributed by atoms with Crippen LogP contribution in [-0.2, 0) is 0 Å². The third-order valence-corrected chi connectivity index (χ3v) is 2.89. The molecule has 0 aliphatic carbocycles. The van der Waals surface area contributed by atoms with Gasteiger partial charge in [0, 0.05) is 17.0 Å². The lowest BCUT2D eigenvalue weighted by Crippen LogP contribution is -1.94. The molecule has 84 valence electrons. The molecule has 1 heterocycles. The standard InChI is InChI=1S/C11H11NO3S/c1-14-7-3-4-8(10(5-7)15-2)9-6-16-11(13)12-9/h3-6H,1-2H3,(H,12,13). The van der Waals surface area contributed by atoms with Gasteiger partial charge in [0.2, 0.25) is 0 Å². The maximum Gasteiger partial charge on any atom is 0.304 e. The van der Waals surface area contributed by atoms with Crippen molar-refractivity contribution in [1.29, 1.82) is 0 Å². The fourth-order valence-electron chi connectivity index (χ4n) is 1.43. The number of hydrogen-bond donors (Lipinski definition) is 1. The maximum absolute atomic E-state index is 11.1. The number of thiazole rings is 1. The van der Waals surface area contributed by atoms with Crippen molar-refractivity contribution in [1.82, 2.24) is 4.98 Å². The number of aromatic amines is 1. The Balaban J connectivity index is 2.52. The highest BCUT2D eigenvalue weighted by Crippen LogP contribution is 2.32. The molecule has 0 fully saturated rings. The van der Waals surface area contributed by atoms with Gasteiger partial charge in [-0.1, -0.05) is 11.3 Å². The summed E-state index contributed by atoms with van der Waals surface area (Å²) in [6.07, 6.45) is 0. The number of benzene rings is 1. The first-order valence-electron chi connectivity index (χ1n) is 4.65. The molecule has 0 saturated carbocycles.